The average Bonchev–Trinajstić information content (AvgIpc) is 2.94. The summed E-state index contributed by atoms with van der Waals surface area (Å²) >= 11 is 0. The normalized spacial score (nSPS) is 18.0. The fraction of sp³-hybridized carbons (Fsp3) is 0.409. The van der Waals surface area contributed by atoms with Gasteiger partial charge in [-0.25, -0.2) is 0 Å². The maximum absolute atomic E-state index is 13.0. The number of rotatable bonds is 3. The molecule has 25 heavy (non-hydrogen) atoms. The third kappa shape index (κ3) is 3.55. The van der Waals surface area contributed by atoms with E-state index in [9.17, 15) is 4.79 Å². The van der Waals surface area contributed by atoms with Crippen molar-refractivity contribution in [1.82, 2.24) is 4.90 Å². The maximum atomic E-state index is 13.0. The van der Waals surface area contributed by atoms with Gasteiger partial charge in [0, 0.05) is 37.4 Å². The minimum atomic E-state index is 0.182. The van der Waals surface area contributed by atoms with Crippen LogP contribution in [-0.2, 0) is 13.0 Å². The van der Waals surface area contributed by atoms with Gasteiger partial charge in [-0.1, -0.05) is 49.2 Å². The number of hydrogen-bond acceptors (Lipinski definition) is 2. The first-order valence-electron chi connectivity index (χ1n) is 9.52. The summed E-state index contributed by atoms with van der Waals surface area (Å²) in [7, 11) is 0. The van der Waals surface area contributed by atoms with Crippen molar-refractivity contribution in [3.05, 3.63) is 65.2 Å². The summed E-state index contributed by atoms with van der Waals surface area (Å²) in [6.45, 7) is 3.73. The highest BCUT2D eigenvalue weighted by Crippen LogP contribution is 2.27. The van der Waals surface area contributed by atoms with Gasteiger partial charge in [-0.2, -0.15) is 0 Å². The predicted molar refractivity (Wildman–Crippen MR) is 102 cm³/mol. The van der Waals surface area contributed by atoms with Crippen molar-refractivity contribution in [1.29, 1.82) is 0 Å². The van der Waals surface area contributed by atoms with Crippen molar-refractivity contribution < 1.29 is 4.79 Å². The third-order valence-corrected chi connectivity index (χ3v) is 5.45. The largest absolute Gasteiger partial charge is 0.372 e. The van der Waals surface area contributed by atoms with Gasteiger partial charge >= 0.3 is 0 Å². The number of hydrogen-bond donors (Lipinski definition) is 0. The lowest BCUT2D eigenvalue weighted by atomic mass is 9.97. The van der Waals surface area contributed by atoms with Crippen LogP contribution in [0.25, 0.3) is 0 Å². The predicted octanol–water partition coefficient (Wildman–Crippen LogP) is 4.27. The second-order valence-electron chi connectivity index (χ2n) is 7.21. The lowest BCUT2D eigenvalue weighted by molar-refractivity contribution is 0.0727. The van der Waals surface area contributed by atoms with E-state index in [1.165, 1.54) is 42.5 Å². The molecule has 0 aromatic heterocycles. The molecule has 1 saturated heterocycles. The molecule has 2 aromatic rings. The van der Waals surface area contributed by atoms with Crippen molar-refractivity contribution in [2.45, 2.75) is 38.6 Å². The van der Waals surface area contributed by atoms with Crippen LogP contribution in [0.5, 0.6) is 0 Å². The molecule has 4 rings (SSSR count). The van der Waals surface area contributed by atoms with Crippen LogP contribution in [0.1, 0.15) is 47.2 Å². The first-order chi connectivity index (χ1) is 12.3. The van der Waals surface area contributed by atoms with E-state index in [0.717, 1.165) is 31.6 Å². The summed E-state index contributed by atoms with van der Waals surface area (Å²) in [5.74, 6) is 0.182. The molecule has 3 nitrogen and oxygen atoms in total. The van der Waals surface area contributed by atoms with E-state index in [1.54, 1.807) is 0 Å². The molecule has 2 heterocycles. The maximum Gasteiger partial charge on any atom is 0.254 e. The Hall–Kier alpha value is -2.29. The highest BCUT2D eigenvalue weighted by atomic mass is 16.2. The van der Waals surface area contributed by atoms with Gasteiger partial charge in [-0.05, 0) is 42.5 Å². The minimum absolute atomic E-state index is 0.182. The van der Waals surface area contributed by atoms with Crippen LogP contribution in [0.3, 0.4) is 0 Å². The Labute approximate surface area is 150 Å². The Bertz CT molecular complexity index is 733. The molecule has 0 atom stereocenters. The van der Waals surface area contributed by atoms with E-state index in [4.69, 9.17) is 0 Å². The quantitative estimate of drug-likeness (QED) is 0.837. The summed E-state index contributed by atoms with van der Waals surface area (Å²) in [4.78, 5) is 17.5. The Morgan fingerprint density at radius 1 is 0.840 bits per heavy atom. The Balaban J connectivity index is 1.55. The summed E-state index contributed by atoms with van der Waals surface area (Å²) in [6.07, 6.45) is 6.11. The van der Waals surface area contributed by atoms with Gasteiger partial charge in [-0.3, -0.25) is 4.79 Å². The van der Waals surface area contributed by atoms with Gasteiger partial charge in [0.05, 0.1) is 0 Å². The molecule has 0 N–H and O–H groups in total. The molecule has 0 saturated carbocycles. The average molecular weight is 334 g/mol. The molecule has 0 bridgehead atoms. The summed E-state index contributed by atoms with van der Waals surface area (Å²) in [5, 5.41) is 0. The van der Waals surface area contributed by atoms with Crippen molar-refractivity contribution in [2.75, 3.05) is 24.5 Å². The number of carbonyl (C=O) groups excluding carboxylic acids is 1. The van der Waals surface area contributed by atoms with Crippen LogP contribution in [0.2, 0.25) is 0 Å². The van der Waals surface area contributed by atoms with E-state index < -0.39 is 0 Å². The molecule has 2 aliphatic rings. The first-order valence-corrected chi connectivity index (χ1v) is 9.52. The van der Waals surface area contributed by atoms with Gasteiger partial charge in [0.15, 0.2) is 0 Å². The van der Waals surface area contributed by atoms with Crippen molar-refractivity contribution >= 4 is 11.6 Å². The van der Waals surface area contributed by atoms with E-state index in [1.807, 2.05) is 23.1 Å². The van der Waals surface area contributed by atoms with Crippen molar-refractivity contribution in [2.24, 2.45) is 0 Å². The van der Waals surface area contributed by atoms with Crippen LogP contribution >= 0.6 is 0 Å². The van der Waals surface area contributed by atoms with Crippen LogP contribution in [0, 0.1) is 0 Å². The Morgan fingerprint density at radius 3 is 2.36 bits per heavy atom. The zero-order valence-corrected chi connectivity index (χ0v) is 14.8. The molecule has 2 aliphatic heterocycles. The second-order valence-corrected chi connectivity index (χ2v) is 7.21. The van der Waals surface area contributed by atoms with Crippen LogP contribution < -0.4 is 4.90 Å². The second kappa shape index (κ2) is 7.30. The van der Waals surface area contributed by atoms with Crippen LogP contribution in [0.4, 0.5) is 5.69 Å². The molecule has 0 unspecified atom stereocenters. The fourth-order valence-corrected chi connectivity index (χ4v) is 3.99. The highest BCUT2D eigenvalue weighted by molar-refractivity contribution is 5.97. The molecule has 2 aromatic carbocycles. The van der Waals surface area contributed by atoms with E-state index in [-0.39, 0.29) is 5.91 Å². The molecule has 1 amide bonds. The van der Waals surface area contributed by atoms with Gasteiger partial charge in [0.1, 0.15) is 0 Å². The van der Waals surface area contributed by atoms with Crippen LogP contribution in [-0.4, -0.2) is 30.4 Å². The zero-order chi connectivity index (χ0) is 17.1. The van der Waals surface area contributed by atoms with Gasteiger partial charge in [-0.15, -0.1) is 0 Å². The van der Waals surface area contributed by atoms with Crippen LogP contribution in [0.15, 0.2) is 48.5 Å². The summed E-state index contributed by atoms with van der Waals surface area (Å²) in [5.41, 5.74) is 4.52. The number of anilines is 1. The third-order valence-electron chi connectivity index (χ3n) is 5.45. The molecule has 1 fully saturated rings. The summed E-state index contributed by atoms with van der Waals surface area (Å²) in [6, 6.07) is 16.8. The minimum Gasteiger partial charge on any atom is -0.372 e. The standard InChI is InChI=1S/C22H26N2O/c25-22-21-16-20(23-13-6-1-2-7-14-23)11-10-19(21)12-15-24(22)17-18-8-4-3-5-9-18/h3-5,8-11,16H,1-2,6-7,12-15,17H2. The highest BCUT2D eigenvalue weighted by Gasteiger charge is 2.25. The molecule has 130 valence electrons. The lowest BCUT2D eigenvalue weighted by Crippen LogP contribution is -2.37. The lowest BCUT2D eigenvalue weighted by Gasteiger charge is -2.30. The number of nitrogens with zero attached hydrogens (tertiary/aromatic N) is 2. The van der Waals surface area contributed by atoms with Crippen molar-refractivity contribution in [3.63, 3.8) is 0 Å². The molecule has 3 heteroatoms. The van der Waals surface area contributed by atoms with E-state index in [0.29, 0.717) is 6.54 Å². The first kappa shape index (κ1) is 16.2. The smallest absolute Gasteiger partial charge is 0.254 e. The number of amides is 1. The molecular formula is C22H26N2O. The SMILES string of the molecule is O=C1c2cc(N3CCCCCC3)ccc2CCN1Cc1ccccc1. The fourth-order valence-electron chi connectivity index (χ4n) is 3.99. The van der Waals surface area contributed by atoms with Gasteiger partial charge in [0.25, 0.3) is 5.91 Å². The molecule has 0 radical (unpaired) electrons. The van der Waals surface area contributed by atoms with E-state index in [2.05, 4.69) is 35.2 Å². The zero-order valence-electron chi connectivity index (χ0n) is 14.8. The monoisotopic (exact) mass is 334 g/mol. The topological polar surface area (TPSA) is 23.6 Å². The summed E-state index contributed by atoms with van der Waals surface area (Å²) < 4.78 is 0. The Morgan fingerprint density at radius 2 is 1.60 bits per heavy atom. The molecule has 0 aliphatic carbocycles. The number of carbonyl (C=O) groups is 1. The molecule has 0 spiro atoms. The van der Waals surface area contributed by atoms with E-state index >= 15 is 0 Å². The van der Waals surface area contributed by atoms with Crippen molar-refractivity contribution in [3.8, 4) is 0 Å². The van der Waals surface area contributed by atoms with Gasteiger partial charge < -0.3 is 9.80 Å². The molecular weight excluding hydrogens is 308 g/mol. The Kier molecular flexibility index (Phi) is 4.73. The van der Waals surface area contributed by atoms with Gasteiger partial charge in [0.2, 0.25) is 0 Å². The number of benzene rings is 2. The number of fused-ring (bicyclic) bond motifs is 1.